The second-order valence-electron chi connectivity index (χ2n) is 27.9. The van der Waals surface area contributed by atoms with Crippen LogP contribution in [0.15, 0.2) is 159 Å². The largest absolute Gasteiger partial charge is 0.495 e. The second-order valence-corrected chi connectivity index (χ2v) is 27.9. The molecule has 16 rings (SSSR count). The van der Waals surface area contributed by atoms with Gasteiger partial charge in [-0.3, -0.25) is 40.0 Å². The molecule has 13 aromatic heterocycles. The van der Waals surface area contributed by atoms with Crippen molar-refractivity contribution in [1.29, 1.82) is 0 Å². The highest BCUT2D eigenvalue weighted by atomic mass is 19.1. The topological polar surface area (TPSA) is 287 Å². The smallest absolute Gasteiger partial charge is 0.161 e. The Morgan fingerprint density at radius 1 is 0.370 bits per heavy atom. The summed E-state index contributed by atoms with van der Waals surface area (Å²) in [5.74, 6) is 6.04. The molecule has 0 amide bonds. The number of aryl methyl sites for hydroxylation is 7. The number of aromatic amines is 3. The Balaban J connectivity index is 0.000000136. The van der Waals surface area contributed by atoms with Crippen LogP contribution in [0.25, 0.3) is 40.0 Å². The summed E-state index contributed by atoms with van der Waals surface area (Å²) in [6.45, 7) is 28.0. The van der Waals surface area contributed by atoms with Crippen molar-refractivity contribution >= 4 is 17.5 Å². The van der Waals surface area contributed by atoms with Crippen LogP contribution in [-0.4, -0.2) is 201 Å². The van der Waals surface area contributed by atoms with Crippen molar-refractivity contribution in [2.75, 3.05) is 100 Å². The van der Waals surface area contributed by atoms with E-state index in [9.17, 15) is 4.39 Å². The predicted octanol–water partition coefficient (Wildman–Crippen LogP) is 10.2. The fourth-order valence-electron chi connectivity index (χ4n) is 13.5. The molecule has 3 N–H and O–H groups in total. The molecule has 0 bridgehead atoms. The number of aromatic nitrogens is 20. The van der Waals surface area contributed by atoms with E-state index >= 15 is 0 Å². The van der Waals surface area contributed by atoms with Gasteiger partial charge >= 0.3 is 0 Å². The third kappa shape index (κ3) is 19.5. The first-order valence-electron chi connectivity index (χ1n) is 36.5. The molecule has 28 heteroatoms. The Hall–Kier alpha value is -12.0. The number of hydrogen-bond donors (Lipinski definition) is 3. The maximum absolute atomic E-state index is 13.2. The number of anilines is 3. The van der Waals surface area contributed by atoms with Crippen LogP contribution in [0.1, 0.15) is 90.6 Å². The van der Waals surface area contributed by atoms with Crippen molar-refractivity contribution in [3.8, 4) is 45.7 Å². The van der Waals surface area contributed by atoms with E-state index in [1.165, 1.54) is 33.8 Å². The molecule has 27 nitrogen and oxygen atoms in total. The van der Waals surface area contributed by atoms with Crippen molar-refractivity contribution in [3.05, 3.63) is 255 Å². The van der Waals surface area contributed by atoms with Gasteiger partial charge in [0.2, 0.25) is 0 Å². The molecule has 552 valence electrons. The lowest BCUT2D eigenvalue weighted by Gasteiger charge is -2.35. The summed E-state index contributed by atoms with van der Waals surface area (Å²) in [6.07, 6.45) is 19.5. The van der Waals surface area contributed by atoms with Crippen LogP contribution < -0.4 is 19.4 Å². The Labute approximate surface area is 627 Å². The van der Waals surface area contributed by atoms with Gasteiger partial charge in [0.05, 0.1) is 59.9 Å². The molecule has 108 heavy (non-hydrogen) atoms. The average Bonchev–Trinajstić information content (AvgIpc) is 1.01. The van der Waals surface area contributed by atoms with Gasteiger partial charge < -0.3 is 19.4 Å². The number of piperazine rings is 3. The number of methoxy groups -OCH3 is 1. The van der Waals surface area contributed by atoms with Gasteiger partial charge in [-0.15, -0.1) is 0 Å². The van der Waals surface area contributed by atoms with Crippen LogP contribution in [0.4, 0.5) is 21.8 Å². The van der Waals surface area contributed by atoms with E-state index < -0.39 is 0 Å². The number of rotatable bonds is 20. The summed E-state index contributed by atoms with van der Waals surface area (Å²) in [7, 11) is 1.67. The molecule has 13 aromatic rings. The maximum Gasteiger partial charge on any atom is 0.161 e. The highest BCUT2D eigenvalue weighted by Crippen LogP contribution is 2.27. The fraction of sp³-hybridized carbons (Fsp3) is 0.325. The summed E-state index contributed by atoms with van der Waals surface area (Å²) < 4.78 is 19.9. The first-order chi connectivity index (χ1) is 52.5. The molecular weight excluding hydrogens is 1360 g/mol. The SMILES string of the molecule is COc1cncc(CN2CCN(c3ccc(-c4nc(C)cc(Cc5cc(C)[nH]n5)n4)cn3)CC2)c1.Cc1cc(Cc2cc(C)[nH]n2)nc(-c2ccc(N3CCN(Cc4ccc(-n5cc(F)cn5)nc4)CC3)nc2)n1.Cc1cncc(CN2CCN(c3ccc(-c4nc(C)cc(Cc5cc(C)[nH]n5)n4)cn3)CC2)c1. The summed E-state index contributed by atoms with van der Waals surface area (Å²) in [5.41, 5.74) is 19.2. The summed E-state index contributed by atoms with van der Waals surface area (Å²) in [4.78, 5) is 69.8. The summed E-state index contributed by atoms with van der Waals surface area (Å²) in [5, 5.41) is 25.9. The van der Waals surface area contributed by atoms with Gasteiger partial charge in [0.25, 0.3) is 0 Å². The zero-order valence-corrected chi connectivity index (χ0v) is 62.3. The van der Waals surface area contributed by atoms with Crippen LogP contribution >= 0.6 is 0 Å². The summed E-state index contributed by atoms with van der Waals surface area (Å²) >= 11 is 0. The fourth-order valence-corrected chi connectivity index (χ4v) is 13.5. The van der Waals surface area contributed by atoms with Gasteiger partial charge in [-0.05, 0) is 156 Å². The predicted molar refractivity (Wildman–Crippen MR) is 412 cm³/mol. The number of H-pyrrole nitrogens is 3. The van der Waals surface area contributed by atoms with E-state index in [4.69, 9.17) is 34.6 Å². The van der Waals surface area contributed by atoms with Crippen molar-refractivity contribution in [3.63, 3.8) is 0 Å². The first-order valence-corrected chi connectivity index (χ1v) is 36.5. The molecule has 3 fully saturated rings. The normalized spacial score (nSPS) is 14.3. The molecule has 0 aliphatic carbocycles. The maximum atomic E-state index is 13.2. The molecular formula is C80H89FN26O. The van der Waals surface area contributed by atoms with Crippen LogP contribution in [0.5, 0.6) is 5.75 Å². The van der Waals surface area contributed by atoms with E-state index in [2.05, 4.69) is 132 Å². The lowest BCUT2D eigenvalue weighted by Crippen LogP contribution is -2.46. The number of nitrogens with zero attached hydrogens (tertiary/aromatic N) is 23. The lowest BCUT2D eigenvalue weighted by atomic mass is 10.2. The Bertz CT molecular complexity index is 5090. The third-order valence-corrected chi connectivity index (χ3v) is 18.9. The lowest BCUT2D eigenvalue weighted by molar-refractivity contribution is 0.248. The van der Waals surface area contributed by atoms with Gasteiger partial charge in [0.15, 0.2) is 29.1 Å². The third-order valence-electron chi connectivity index (χ3n) is 18.9. The number of pyridine rings is 6. The molecule has 0 unspecified atom stereocenters. The standard InChI is InChI=1S/C28H29FN10.C26H30N8O.C26H30N8/c1-19-11-24(13-25-12-20(2)35-36-25)34-28(33-19)22-4-6-26(31-15-22)38-9-7-37(8-10-38)17-21-3-5-27(30-14-21)39-18-23(29)16-32-39;1-18-10-22(13-23-11-19(2)31-32-23)30-26(29-18)21-4-5-25(28-15-21)34-8-6-33(7-9-34)17-20-12-24(35-3)16-27-14-20;1-18-10-21(15-27-14-18)17-33-6-8-34(9-7-33)25-5-4-22(16-28-25)26-29-19(2)11-23(30-26)13-24-12-20(3)31-32-24/h3-6,11-12,14-16,18H,7-10,13,17H2,1-2H3,(H,35,36);4-5,10-12,14-16H,6-9,13,17H2,1-3H3,(H,31,32);4-5,10-12,14-16H,6-9,13,17H2,1-3H3,(H,31,32). The number of halogens is 1. The molecule has 16 heterocycles. The minimum absolute atomic E-state index is 0.378. The number of ether oxygens (including phenoxy) is 1. The highest BCUT2D eigenvalue weighted by molar-refractivity contribution is 5.60. The zero-order chi connectivity index (χ0) is 74.5. The minimum Gasteiger partial charge on any atom is -0.495 e. The van der Waals surface area contributed by atoms with E-state index in [-0.39, 0.29) is 5.82 Å². The molecule has 0 aromatic carbocycles. The van der Waals surface area contributed by atoms with Gasteiger partial charge in [-0.25, -0.2) is 58.9 Å². The van der Waals surface area contributed by atoms with E-state index in [0.717, 1.165) is 212 Å². The van der Waals surface area contributed by atoms with Crippen molar-refractivity contribution in [2.45, 2.75) is 87.4 Å². The van der Waals surface area contributed by atoms with Gasteiger partial charge in [-0.1, -0.05) is 12.1 Å². The average molecular weight is 1450 g/mol. The molecule has 0 radical (unpaired) electrons. The zero-order valence-electron chi connectivity index (χ0n) is 62.3. The minimum atomic E-state index is -0.378. The summed E-state index contributed by atoms with van der Waals surface area (Å²) in [6, 6.07) is 32.7. The van der Waals surface area contributed by atoms with Crippen LogP contribution in [-0.2, 0) is 38.9 Å². The van der Waals surface area contributed by atoms with Crippen molar-refractivity contribution in [1.82, 2.24) is 115 Å². The van der Waals surface area contributed by atoms with Crippen molar-refractivity contribution in [2.24, 2.45) is 0 Å². The Kier molecular flexibility index (Phi) is 23.0. The number of hydrogen-bond acceptors (Lipinski definition) is 23. The quantitative estimate of drug-likeness (QED) is 0.0639. The van der Waals surface area contributed by atoms with Crippen molar-refractivity contribution < 1.29 is 9.13 Å². The Morgan fingerprint density at radius 2 is 0.759 bits per heavy atom. The van der Waals surface area contributed by atoms with Crippen LogP contribution in [0.3, 0.4) is 0 Å². The van der Waals surface area contributed by atoms with E-state index in [1.807, 2.05) is 152 Å². The molecule has 0 atom stereocenters. The number of nitrogens with one attached hydrogen (secondary N) is 3. The monoisotopic (exact) mass is 1450 g/mol. The molecule has 3 aliphatic rings. The molecule has 3 aliphatic heterocycles. The first kappa shape index (κ1) is 72.9. The molecule has 0 saturated carbocycles. The highest BCUT2D eigenvalue weighted by Gasteiger charge is 2.23. The molecule has 3 saturated heterocycles. The molecule has 0 spiro atoms. The van der Waals surface area contributed by atoms with E-state index in [1.54, 1.807) is 13.3 Å². The van der Waals surface area contributed by atoms with Crippen LogP contribution in [0, 0.1) is 54.3 Å². The van der Waals surface area contributed by atoms with Gasteiger partial charge in [-0.2, -0.15) is 20.4 Å². The Morgan fingerprint density at radius 3 is 1.10 bits per heavy atom. The van der Waals surface area contributed by atoms with Crippen LogP contribution in [0.2, 0.25) is 0 Å². The van der Waals surface area contributed by atoms with Gasteiger partial charge in [0, 0.05) is 212 Å². The van der Waals surface area contributed by atoms with E-state index in [0.29, 0.717) is 42.6 Å². The van der Waals surface area contributed by atoms with Gasteiger partial charge in [0.1, 0.15) is 23.2 Å². The second kappa shape index (κ2) is 34.0.